The molecule has 1 aromatic heterocycles. The molecule has 0 radical (unpaired) electrons. The first-order valence-electron chi connectivity index (χ1n) is 8.53. The third kappa shape index (κ3) is 3.35. The second-order valence-electron chi connectivity index (χ2n) is 6.42. The highest BCUT2D eigenvalue weighted by molar-refractivity contribution is 6.43. The zero-order valence-corrected chi connectivity index (χ0v) is 15.4. The van der Waals surface area contributed by atoms with Gasteiger partial charge >= 0.3 is 0 Å². The van der Waals surface area contributed by atoms with Crippen molar-refractivity contribution in [3.63, 3.8) is 0 Å². The van der Waals surface area contributed by atoms with Gasteiger partial charge in [0.1, 0.15) is 5.82 Å². The van der Waals surface area contributed by atoms with Gasteiger partial charge in [-0.1, -0.05) is 53.9 Å². The number of carbonyl (C=O) groups is 1. The number of rotatable bonds is 4. The first kappa shape index (κ1) is 17.1. The van der Waals surface area contributed by atoms with Crippen LogP contribution in [0.5, 0.6) is 0 Å². The van der Waals surface area contributed by atoms with Crippen LogP contribution >= 0.6 is 23.2 Å². The van der Waals surface area contributed by atoms with E-state index in [0.29, 0.717) is 21.6 Å². The summed E-state index contributed by atoms with van der Waals surface area (Å²) in [6.07, 6.45) is 3.03. The second-order valence-corrected chi connectivity index (χ2v) is 7.20. The van der Waals surface area contributed by atoms with E-state index >= 15 is 0 Å². The van der Waals surface area contributed by atoms with Gasteiger partial charge in [0.2, 0.25) is 5.91 Å². The van der Waals surface area contributed by atoms with Crippen molar-refractivity contribution in [3.05, 3.63) is 58.6 Å². The Morgan fingerprint density at radius 1 is 1.04 bits per heavy atom. The summed E-state index contributed by atoms with van der Waals surface area (Å²) in [6.45, 7) is 0. The lowest BCUT2D eigenvalue weighted by Crippen LogP contribution is -2.28. The number of nitrogens with zero attached hydrogens (tertiary/aromatic N) is 1. The highest BCUT2D eigenvalue weighted by atomic mass is 35.5. The van der Waals surface area contributed by atoms with Gasteiger partial charge in [-0.2, -0.15) is 0 Å². The fourth-order valence-corrected chi connectivity index (χ4v) is 3.33. The van der Waals surface area contributed by atoms with Gasteiger partial charge in [0.05, 0.1) is 26.9 Å². The molecule has 2 N–H and O–H groups in total. The Balaban J connectivity index is 1.71. The smallest absolute Gasteiger partial charge is 0.227 e. The molecule has 26 heavy (non-hydrogen) atoms. The van der Waals surface area contributed by atoms with Crippen molar-refractivity contribution in [2.24, 2.45) is 5.92 Å². The molecule has 1 saturated carbocycles. The third-order valence-electron chi connectivity index (χ3n) is 4.66. The Morgan fingerprint density at radius 2 is 1.85 bits per heavy atom. The van der Waals surface area contributed by atoms with Gasteiger partial charge < -0.3 is 10.6 Å². The Kier molecular flexibility index (Phi) is 4.70. The molecule has 0 saturated heterocycles. The summed E-state index contributed by atoms with van der Waals surface area (Å²) in [5.74, 6) is 0.775. The first-order valence-corrected chi connectivity index (χ1v) is 9.29. The van der Waals surface area contributed by atoms with Crippen molar-refractivity contribution in [2.45, 2.75) is 19.3 Å². The van der Waals surface area contributed by atoms with Crippen molar-refractivity contribution < 1.29 is 4.79 Å². The Morgan fingerprint density at radius 3 is 2.62 bits per heavy atom. The predicted molar refractivity (Wildman–Crippen MR) is 107 cm³/mol. The number of fused-ring (bicyclic) bond motifs is 1. The van der Waals surface area contributed by atoms with Crippen LogP contribution in [-0.2, 0) is 4.79 Å². The van der Waals surface area contributed by atoms with Gasteiger partial charge in [-0.05, 0) is 31.0 Å². The zero-order chi connectivity index (χ0) is 18.1. The summed E-state index contributed by atoms with van der Waals surface area (Å²) in [5, 5.41) is 8.07. The van der Waals surface area contributed by atoms with E-state index in [1.54, 1.807) is 6.07 Å². The fourth-order valence-electron chi connectivity index (χ4n) is 2.99. The number of benzene rings is 2. The second kappa shape index (κ2) is 7.14. The van der Waals surface area contributed by atoms with Gasteiger partial charge in [0.25, 0.3) is 0 Å². The minimum absolute atomic E-state index is 0.0688. The Hall–Kier alpha value is -2.30. The van der Waals surface area contributed by atoms with E-state index in [1.807, 2.05) is 42.5 Å². The van der Waals surface area contributed by atoms with Gasteiger partial charge in [-0.15, -0.1) is 0 Å². The molecule has 1 fully saturated rings. The summed E-state index contributed by atoms with van der Waals surface area (Å²) in [4.78, 5) is 17.0. The molecule has 1 heterocycles. The Labute approximate surface area is 161 Å². The summed E-state index contributed by atoms with van der Waals surface area (Å²) in [7, 11) is 0. The topological polar surface area (TPSA) is 54.0 Å². The zero-order valence-electron chi connectivity index (χ0n) is 13.9. The van der Waals surface area contributed by atoms with Crippen molar-refractivity contribution in [1.82, 2.24) is 4.98 Å². The number of aromatic nitrogens is 1. The fraction of sp³-hybridized carbons (Fsp3) is 0.200. The van der Waals surface area contributed by atoms with Crippen molar-refractivity contribution in [2.75, 3.05) is 10.6 Å². The average Bonchev–Trinajstić information content (AvgIpc) is 2.57. The Bertz CT molecular complexity index is 986. The lowest BCUT2D eigenvalue weighted by atomic mass is 9.85. The first-order chi connectivity index (χ1) is 12.6. The van der Waals surface area contributed by atoms with E-state index in [2.05, 4.69) is 15.6 Å². The monoisotopic (exact) mass is 385 g/mol. The molecule has 1 aliphatic carbocycles. The van der Waals surface area contributed by atoms with Crippen LogP contribution in [-0.4, -0.2) is 10.9 Å². The quantitative estimate of drug-likeness (QED) is 0.576. The van der Waals surface area contributed by atoms with Crippen LogP contribution in [0.15, 0.2) is 48.5 Å². The normalized spacial score (nSPS) is 14.1. The molecule has 0 aliphatic heterocycles. The molecule has 0 unspecified atom stereocenters. The number of hydrogen-bond acceptors (Lipinski definition) is 3. The summed E-state index contributed by atoms with van der Waals surface area (Å²) < 4.78 is 0. The van der Waals surface area contributed by atoms with Gasteiger partial charge in [0.15, 0.2) is 0 Å². The molecule has 1 amide bonds. The van der Waals surface area contributed by atoms with E-state index in [-0.39, 0.29) is 11.8 Å². The van der Waals surface area contributed by atoms with Crippen LogP contribution in [0.3, 0.4) is 0 Å². The summed E-state index contributed by atoms with van der Waals surface area (Å²) in [6, 6.07) is 14.9. The molecule has 0 bridgehead atoms. The number of hydrogen-bond donors (Lipinski definition) is 2. The average molecular weight is 386 g/mol. The standard InChI is InChI=1S/C20H17Cl2N3O/c21-14-8-4-10-16(19(14)22)24-18-11-17(25-20(26)12-5-3-6-12)13-7-1-2-9-15(13)23-18/h1-2,4,7-12H,3,5-6H2,(H2,23,24,25,26). The molecular weight excluding hydrogens is 369 g/mol. The predicted octanol–water partition coefficient (Wildman–Crippen LogP) is 6.02. The van der Waals surface area contributed by atoms with E-state index in [1.165, 1.54) is 0 Å². The lowest BCUT2D eigenvalue weighted by molar-refractivity contribution is -0.122. The van der Waals surface area contributed by atoms with E-state index in [4.69, 9.17) is 23.2 Å². The van der Waals surface area contributed by atoms with Gasteiger partial charge in [-0.25, -0.2) is 4.98 Å². The third-order valence-corrected chi connectivity index (χ3v) is 5.48. The molecule has 4 rings (SSSR count). The molecule has 0 spiro atoms. The number of amides is 1. The van der Waals surface area contributed by atoms with Crippen LogP contribution in [0.1, 0.15) is 19.3 Å². The van der Waals surface area contributed by atoms with Crippen molar-refractivity contribution in [3.8, 4) is 0 Å². The maximum atomic E-state index is 12.4. The minimum Gasteiger partial charge on any atom is -0.339 e. The molecular formula is C20H17Cl2N3O. The van der Waals surface area contributed by atoms with E-state index in [0.717, 1.165) is 35.9 Å². The molecule has 6 heteroatoms. The molecule has 3 aromatic rings. The molecule has 1 aliphatic rings. The van der Waals surface area contributed by atoms with Crippen LogP contribution in [0.4, 0.5) is 17.2 Å². The SMILES string of the molecule is O=C(Nc1cc(Nc2cccc(Cl)c2Cl)nc2ccccc12)C1CCC1. The van der Waals surface area contributed by atoms with Gasteiger partial charge in [0, 0.05) is 17.4 Å². The summed E-state index contributed by atoms with van der Waals surface area (Å²) >= 11 is 12.3. The maximum absolute atomic E-state index is 12.4. The van der Waals surface area contributed by atoms with E-state index < -0.39 is 0 Å². The number of nitrogens with one attached hydrogen (secondary N) is 2. The van der Waals surface area contributed by atoms with Crippen molar-refractivity contribution >= 4 is 57.2 Å². The van der Waals surface area contributed by atoms with E-state index in [9.17, 15) is 4.79 Å². The van der Waals surface area contributed by atoms with Crippen LogP contribution in [0, 0.1) is 5.92 Å². The summed E-state index contributed by atoms with van der Waals surface area (Å²) in [5.41, 5.74) is 2.20. The maximum Gasteiger partial charge on any atom is 0.227 e. The number of para-hydroxylation sites is 1. The largest absolute Gasteiger partial charge is 0.339 e. The van der Waals surface area contributed by atoms with Crippen LogP contribution in [0.2, 0.25) is 10.0 Å². The number of anilines is 3. The molecule has 2 aromatic carbocycles. The molecule has 132 valence electrons. The number of carbonyl (C=O) groups excluding carboxylic acids is 1. The highest BCUT2D eigenvalue weighted by Gasteiger charge is 2.25. The minimum atomic E-state index is 0.0688. The molecule has 4 nitrogen and oxygen atoms in total. The number of pyridine rings is 1. The molecule has 0 atom stereocenters. The lowest BCUT2D eigenvalue weighted by Gasteiger charge is -2.24. The van der Waals surface area contributed by atoms with Crippen LogP contribution < -0.4 is 10.6 Å². The van der Waals surface area contributed by atoms with Gasteiger partial charge in [-0.3, -0.25) is 4.79 Å². The van der Waals surface area contributed by atoms with Crippen LogP contribution in [0.25, 0.3) is 10.9 Å². The van der Waals surface area contributed by atoms with Crippen molar-refractivity contribution in [1.29, 1.82) is 0 Å². The highest BCUT2D eigenvalue weighted by Crippen LogP contribution is 2.34. The number of halogens is 2.